The van der Waals surface area contributed by atoms with Crippen LogP contribution in [0.15, 0.2) is 16.7 Å². The number of nitrogens with one attached hydrogen (secondary N) is 1. The van der Waals surface area contributed by atoms with Crippen molar-refractivity contribution in [1.29, 1.82) is 0 Å². The van der Waals surface area contributed by atoms with E-state index in [1.54, 1.807) is 26.1 Å². The maximum atomic E-state index is 11.1. The molecule has 1 rings (SSSR count). The van der Waals surface area contributed by atoms with E-state index in [1.807, 2.05) is 0 Å². The molecule has 0 fully saturated rings. The lowest BCUT2D eigenvalue weighted by Gasteiger charge is -2.23. The van der Waals surface area contributed by atoms with Crippen LogP contribution in [0.5, 0.6) is 0 Å². The van der Waals surface area contributed by atoms with Crippen LogP contribution in [0, 0.1) is 0 Å². The Morgan fingerprint density at radius 3 is 2.73 bits per heavy atom. The Morgan fingerprint density at radius 2 is 2.27 bits per heavy atom. The van der Waals surface area contributed by atoms with E-state index in [1.165, 1.54) is 0 Å². The number of carbonyl (C=O) groups excluding carboxylic acids is 1. The number of nitrogens with two attached hydrogens (primary N) is 1. The van der Waals surface area contributed by atoms with Crippen LogP contribution in [-0.4, -0.2) is 16.4 Å². The topological polar surface area (TPSA) is 68.0 Å². The van der Waals surface area contributed by atoms with Crippen LogP contribution in [0.3, 0.4) is 0 Å². The predicted octanol–water partition coefficient (Wildman–Crippen LogP) is 2.17. The number of primary amides is 1. The van der Waals surface area contributed by atoms with E-state index in [2.05, 4.69) is 26.2 Å². The van der Waals surface area contributed by atoms with Crippen molar-refractivity contribution in [3.63, 3.8) is 0 Å². The molecule has 3 N–H and O–H groups in total. The molecule has 0 saturated heterocycles. The molecule has 82 valence electrons. The van der Waals surface area contributed by atoms with Gasteiger partial charge in [0.15, 0.2) is 0 Å². The Hall–Kier alpha value is -0.810. The number of halogens is 2. The highest BCUT2D eigenvalue weighted by Crippen LogP contribution is 2.25. The van der Waals surface area contributed by atoms with Crippen LogP contribution < -0.4 is 11.1 Å². The van der Waals surface area contributed by atoms with Gasteiger partial charge in [0.2, 0.25) is 5.91 Å². The Balaban J connectivity index is 2.95. The molecule has 15 heavy (non-hydrogen) atoms. The Labute approximate surface area is 101 Å². The molecular weight excluding hydrogens is 281 g/mol. The molecule has 6 heteroatoms. The quantitative estimate of drug-likeness (QED) is 0.897. The summed E-state index contributed by atoms with van der Waals surface area (Å²) in [6, 6.07) is 1.69. The molecule has 1 heterocycles. The van der Waals surface area contributed by atoms with Crippen molar-refractivity contribution in [1.82, 2.24) is 4.98 Å². The molecule has 0 aliphatic rings. The fourth-order valence-electron chi connectivity index (χ4n) is 0.864. The molecule has 0 aliphatic heterocycles. The zero-order valence-electron chi connectivity index (χ0n) is 8.34. The molecular formula is C9H11BrClN3O. The van der Waals surface area contributed by atoms with Gasteiger partial charge in [-0.2, -0.15) is 0 Å². The van der Waals surface area contributed by atoms with Gasteiger partial charge in [-0.05, 0) is 35.8 Å². The van der Waals surface area contributed by atoms with Gasteiger partial charge in [0.25, 0.3) is 0 Å². The van der Waals surface area contributed by atoms with Crippen molar-refractivity contribution in [2.45, 2.75) is 19.4 Å². The van der Waals surface area contributed by atoms with Gasteiger partial charge in [-0.3, -0.25) is 4.79 Å². The Morgan fingerprint density at radius 1 is 1.67 bits per heavy atom. The van der Waals surface area contributed by atoms with E-state index in [0.29, 0.717) is 10.8 Å². The van der Waals surface area contributed by atoms with Crippen molar-refractivity contribution in [2.24, 2.45) is 5.73 Å². The average molecular weight is 293 g/mol. The fraction of sp³-hybridized carbons (Fsp3) is 0.333. The maximum absolute atomic E-state index is 11.1. The summed E-state index contributed by atoms with van der Waals surface area (Å²) in [4.78, 5) is 15.1. The first-order chi connectivity index (χ1) is 6.83. The summed E-state index contributed by atoms with van der Waals surface area (Å²) in [6.07, 6.45) is 1.59. The van der Waals surface area contributed by atoms with Gasteiger partial charge >= 0.3 is 0 Å². The van der Waals surface area contributed by atoms with Crippen LogP contribution in [0.2, 0.25) is 5.02 Å². The van der Waals surface area contributed by atoms with Crippen LogP contribution in [-0.2, 0) is 4.79 Å². The molecule has 0 atom stereocenters. The monoisotopic (exact) mass is 291 g/mol. The van der Waals surface area contributed by atoms with Gasteiger partial charge in [-0.15, -0.1) is 0 Å². The largest absolute Gasteiger partial charge is 0.368 e. The van der Waals surface area contributed by atoms with E-state index in [4.69, 9.17) is 17.3 Å². The molecule has 0 unspecified atom stereocenters. The minimum atomic E-state index is -0.884. The number of rotatable bonds is 3. The molecule has 1 aromatic heterocycles. The van der Waals surface area contributed by atoms with E-state index in [9.17, 15) is 4.79 Å². The second-order valence-corrected chi connectivity index (χ2v) is 4.92. The number of pyridine rings is 1. The third kappa shape index (κ3) is 3.07. The number of carbonyl (C=O) groups is 1. The van der Waals surface area contributed by atoms with E-state index >= 15 is 0 Å². The van der Waals surface area contributed by atoms with Crippen molar-refractivity contribution >= 4 is 39.3 Å². The summed E-state index contributed by atoms with van der Waals surface area (Å²) in [6.45, 7) is 3.32. The fourth-order valence-corrected chi connectivity index (χ4v) is 1.54. The van der Waals surface area contributed by atoms with Gasteiger partial charge in [0.1, 0.15) is 11.4 Å². The van der Waals surface area contributed by atoms with E-state index < -0.39 is 11.4 Å². The van der Waals surface area contributed by atoms with E-state index in [0.717, 1.165) is 4.47 Å². The van der Waals surface area contributed by atoms with Gasteiger partial charge in [-0.25, -0.2) is 4.98 Å². The summed E-state index contributed by atoms with van der Waals surface area (Å²) in [5.74, 6) is -0.0352. The Kier molecular flexibility index (Phi) is 3.57. The van der Waals surface area contributed by atoms with E-state index in [-0.39, 0.29) is 0 Å². The number of hydrogen-bond donors (Lipinski definition) is 2. The number of nitrogens with zero attached hydrogens (tertiary/aromatic N) is 1. The summed E-state index contributed by atoms with van der Waals surface area (Å²) in [7, 11) is 0. The van der Waals surface area contributed by atoms with Gasteiger partial charge in [0, 0.05) is 10.7 Å². The van der Waals surface area contributed by atoms with Crippen molar-refractivity contribution in [3.8, 4) is 0 Å². The highest BCUT2D eigenvalue weighted by molar-refractivity contribution is 9.10. The maximum Gasteiger partial charge on any atom is 0.242 e. The molecule has 0 aliphatic carbocycles. The lowest BCUT2D eigenvalue weighted by atomic mass is 10.1. The molecule has 0 saturated carbocycles. The SMILES string of the molecule is CC(C)(Nc1ncc(Br)cc1Cl)C(N)=O. The van der Waals surface area contributed by atoms with Gasteiger partial charge < -0.3 is 11.1 Å². The normalized spacial score (nSPS) is 11.2. The average Bonchev–Trinajstić information content (AvgIpc) is 2.09. The number of anilines is 1. The Bertz CT molecular complexity index is 395. The molecule has 1 amide bonds. The standard InChI is InChI=1S/C9H11BrClN3O/c1-9(2,8(12)15)14-7-6(11)3-5(10)4-13-7/h3-4H,1-2H3,(H2,12,15)(H,13,14). The molecule has 4 nitrogen and oxygen atoms in total. The van der Waals surface area contributed by atoms with Crippen molar-refractivity contribution in [2.75, 3.05) is 5.32 Å². The first-order valence-corrected chi connectivity index (χ1v) is 5.39. The predicted molar refractivity (Wildman–Crippen MR) is 63.8 cm³/mol. The molecule has 0 bridgehead atoms. The third-order valence-electron chi connectivity index (χ3n) is 1.85. The van der Waals surface area contributed by atoms with Crippen LogP contribution >= 0.6 is 27.5 Å². The molecule has 0 radical (unpaired) electrons. The zero-order valence-corrected chi connectivity index (χ0v) is 10.7. The summed E-state index contributed by atoms with van der Waals surface area (Å²) >= 11 is 9.17. The molecule has 1 aromatic rings. The number of amides is 1. The van der Waals surface area contributed by atoms with Crippen molar-refractivity contribution in [3.05, 3.63) is 21.8 Å². The van der Waals surface area contributed by atoms with Gasteiger partial charge in [0.05, 0.1) is 5.02 Å². The minimum Gasteiger partial charge on any atom is -0.368 e. The first kappa shape index (κ1) is 12.3. The van der Waals surface area contributed by atoms with Crippen LogP contribution in [0.1, 0.15) is 13.8 Å². The molecule has 0 spiro atoms. The summed E-state index contributed by atoms with van der Waals surface area (Å²) in [5.41, 5.74) is 4.33. The summed E-state index contributed by atoms with van der Waals surface area (Å²) < 4.78 is 0.773. The number of aromatic nitrogens is 1. The lowest BCUT2D eigenvalue weighted by molar-refractivity contribution is -0.121. The minimum absolute atomic E-state index is 0.429. The summed E-state index contributed by atoms with van der Waals surface area (Å²) in [5, 5.41) is 3.30. The van der Waals surface area contributed by atoms with Crippen LogP contribution in [0.25, 0.3) is 0 Å². The van der Waals surface area contributed by atoms with Crippen LogP contribution in [0.4, 0.5) is 5.82 Å². The zero-order chi connectivity index (χ0) is 11.6. The first-order valence-electron chi connectivity index (χ1n) is 4.22. The second-order valence-electron chi connectivity index (χ2n) is 3.60. The third-order valence-corrected chi connectivity index (χ3v) is 2.58. The second kappa shape index (κ2) is 4.37. The van der Waals surface area contributed by atoms with Gasteiger partial charge in [-0.1, -0.05) is 11.6 Å². The van der Waals surface area contributed by atoms with Crippen molar-refractivity contribution < 1.29 is 4.79 Å². The highest BCUT2D eigenvalue weighted by atomic mass is 79.9. The number of hydrogen-bond acceptors (Lipinski definition) is 3. The smallest absolute Gasteiger partial charge is 0.242 e. The lowest BCUT2D eigenvalue weighted by Crippen LogP contribution is -2.45. The molecule has 0 aromatic carbocycles. The highest BCUT2D eigenvalue weighted by Gasteiger charge is 2.25.